The molecule has 32 heavy (non-hydrogen) atoms. The van der Waals surface area contributed by atoms with Crippen LogP contribution in [-0.4, -0.2) is 34.2 Å². The molecule has 2 amide bonds. The summed E-state index contributed by atoms with van der Waals surface area (Å²) in [5, 5.41) is 3.40. The van der Waals surface area contributed by atoms with E-state index in [4.69, 9.17) is 4.42 Å². The number of fused-ring (bicyclic) bond motifs is 1. The lowest BCUT2D eigenvalue weighted by molar-refractivity contribution is -0.122. The van der Waals surface area contributed by atoms with Crippen LogP contribution < -0.4 is 10.2 Å². The van der Waals surface area contributed by atoms with Crippen molar-refractivity contribution in [3.8, 4) is 0 Å². The minimum absolute atomic E-state index is 0.0611. The van der Waals surface area contributed by atoms with E-state index >= 15 is 0 Å². The zero-order valence-corrected chi connectivity index (χ0v) is 18.1. The Labute approximate surface area is 188 Å². The van der Waals surface area contributed by atoms with Gasteiger partial charge in [-0.2, -0.15) is 0 Å². The number of hydrogen-bond donors (Lipinski definition) is 1. The first-order valence-electron chi connectivity index (χ1n) is 9.90. The predicted octanol–water partition coefficient (Wildman–Crippen LogP) is 3.84. The summed E-state index contributed by atoms with van der Waals surface area (Å²) in [6.45, 7) is 0.355. The van der Waals surface area contributed by atoms with Gasteiger partial charge >= 0.3 is 0 Å². The molecule has 0 fully saturated rings. The molecule has 2 aromatic heterocycles. The Hall–Kier alpha value is -3.59. The van der Waals surface area contributed by atoms with Gasteiger partial charge in [0.25, 0.3) is 0 Å². The van der Waals surface area contributed by atoms with Crippen molar-refractivity contribution < 1.29 is 18.4 Å². The number of thioether (sulfide) groups is 1. The molecule has 0 spiro atoms. The number of anilines is 1. The van der Waals surface area contributed by atoms with Gasteiger partial charge in [-0.05, 0) is 48.5 Å². The normalized spacial score (nSPS) is 10.9. The maximum atomic E-state index is 13.1. The van der Waals surface area contributed by atoms with Crippen molar-refractivity contribution >= 4 is 40.3 Å². The number of hydrogen-bond acceptors (Lipinski definition) is 5. The van der Waals surface area contributed by atoms with Gasteiger partial charge in [-0.1, -0.05) is 23.9 Å². The van der Waals surface area contributed by atoms with Gasteiger partial charge in [0.1, 0.15) is 18.1 Å². The lowest BCUT2D eigenvalue weighted by Crippen LogP contribution is -2.28. The molecule has 0 radical (unpaired) electrons. The van der Waals surface area contributed by atoms with Gasteiger partial charge in [0.05, 0.1) is 29.6 Å². The van der Waals surface area contributed by atoms with Crippen molar-refractivity contribution in [3.63, 3.8) is 0 Å². The fourth-order valence-electron chi connectivity index (χ4n) is 3.15. The van der Waals surface area contributed by atoms with E-state index in [-0.39, 0.29) is 29.9 Å². The van der Waals surface area contributed by atoms with Crippen LogP contribution in [0.1, 0.15) is 5.76 Å². The number of nitrogens with zero attached hydrogens (tertiary/aromatic N) is 3. The highest BCUT2D eigenvalue weighted by Gasteiger charge is 2.17. The number of rotatable bonds is 8. The number of carbonyl (C=O) groups excluding carboxylic acids is 2. The smallest absolute Gasteiger partial charge is 0.240 e. The van der Waals surface area contributed by atoms with Crippen molar-refractivity contribution in [3.05, 3.63) is 78.5 Å². The number of amides is 2. The van der Waals surface area contributed by atoms with Gasteiger partial charge in [-0.25, -0.2) is 9.37 Å². The third kappa shape index (κ3) is 5.00. The molecule has 0 unspecified atom stereocenters. The van der Waals surface area contributed by atoms with Crippen LogP contribution in [0.3, 0.4) is 0 Å². The molecule has 0 aliphatic carbocycles. The SMILES string of the molecule is CN(C(=O)CSc1nc2ccccc2n1CC(=O)NCc1ccco1)c1ccc(F)cc1. The molecule has 2 heterocycles. The maximum Gasteiger partial charge on any atom is 0.240 e. The number of carbonyl (C=O) groups is 2. The minimum atomic E-state index is -0.358. The fourth-order valence-corrected chi connectivity index (χ4v) is 4.07. The van der Waals surface area contributed by atoms with Gasteiger partial charge < -0.3 is 19.2 Å². The van der Waals surface area contributed by atoms with E-state index < -0.39 is 0 Å². The molecule has 0 saturated heterocycles. The standard InChI is InChI=1S/C23H21FN4O3S/c1-27(17-10-8-16(24)9-11-17)22(30)15-32-23-26-19-6-2-3-7-20(19)28(23)14-21(29)25-13-18-5-4-12-31-18/h2-12H,13-15H2,1H3,(H,25,29). The van der Waals surface area contributed by atoms with Crippen molar-refractivity contribution in [2.75, 3.05) is 17.7 Å². The molecule has 7 nitrogen and oxygen atoms in total. The third-order valence-electron chi connectivity index (χ3n) is 4.87. The Balaban J connectivity index is 1.46. The van der Waals surface area contributed by atoms with Crippen LogP contribution in [-0.2, 0) is 22.7 Å². The molecular formula is C23H21FN4O3S. The molecule has 0 aliphatic heterocycles. The van der Waals surface area contributed by atoms with Crippen LogP contribution in [0, 0.1) is 5.82 Å². The average molecular weight is 453 g/mol. The summed E-state index contributed by atoms with van der Waals surface area (Å²) < 4.78 is 20.2. The second-order valence-corrected chi connectivity index (χ2v) is 7.99. The number of nitrogens with one attached hydrogen (secondary N) is 1. The molecule has 4 aromatic rings. The van der Waals surface area contributed by atoms with E-state index in [0.717, 1.165) is 11.0 Å². The van der Waals surface area contributed by atoms with E-state index in [1.165, 1.54) is 28.8 Å². The third-order valence-corrected chi connectivity index (χ3v) is 5.84. The monoisotopic (exact) mass is 452 g/mol. The Morgan fingerprint density at radius 3 is 2.66 bits per heavy atom. The van der Waals surface area contributed by atoms with Crippen LogP contribution >= 0.6 is 11.8 Å². The first-order chi connectivity index (χ1) is 15.5. The van der Waals surface area contributed by atoms with Crippen molar-refractivity contribution in [1.82, 2.24) is 14.9 Å². The number of benzene rings is 2. The second-order valence-electron chi connectivity index (χ2n) is 7.04. The number of furan rings is 1. The molecule has 0 bridgehead atoms. The first-order valence-corrected chi connectivity index (χ1v) is 10.9. The summed E-state index contributed by atoms with van der Waals surface area (Å²) >= 11 is 1.25. The second kappa shape index (κ2) is 9.69. The summed E-state index contributed by atoms with van der Waals surface area (Å²) in [7, 11) is 1.64. The molecule has 2 aromatic carbocycles. The summed E-state index contributed by atoms with van der Waals surface area (Å²) in [4.78, 5) is 31.3. The zero-order valence-electron chi connectivity index (χ0n) is 17.3. The highest BCUT2D eigenvalue weighted by atomic mass is 32.2. The Kier molecular flexibility index (Phi) is 6.55. The lowest BCUT2D eigenvalue weighted by Gasteiger charge is -2.17. The number of para-hydroxylation sites is 2. The molecule has 4 rings (SSSR count). The van der Waals surface area contributed by atoms with E-state index in [1.807, 2.05) is 24.3 Å². The van der Waals surface area contributed by atoms with Crippen molar-refractivity contribution in [2.24, 2.45) is 0 Å². The van der Waals surface area contributed by atoms with Gasteiger partial charge in [-0.3, -0.25) is 9.59 Å². The largest absolute Gasteiger partial charge is 0.467 e. The molecule has 0 atom stereocenters. The molecular weight excluding hydrogens is 431 g/mol. The molecule has 0 saturated carbocycles. The molecule has 1 N–H and O–H groups in total. The quantitative estimate of drug-likeness (QED) is 0.411. The minimum Gasteiger partial charge on any atom is -0.467 e. The number of aromatic nitrogens is 2. The number of imidazole rings is 1. The summed E-state index contributed by atoms with van der Waals surface area (Å²) in [5.74, 6) is 0.0649. The van der Waals surface area contributed by atoms with E-state index in [9.17, 15) is 14.0 Å². The Morgan fingerprint density at radius 1 is 1.12 bits per heavy atom. The van der Waals surface area contributed by atoms with Crippen LogP contribution in [0.5, 0.6) is 0 Å². The Bertz CT molecular complexity index is 1220. The summed E-state index contributed by atoms with van der Waals surface area (Å²) in [6.07, 6.45) is 1.56. The maximum absolute atomic E-state index is 13.1. The summed E-state index contributed by atoms with van der Waals surface area (Å²) in [6, 6.07) is 16.8. The predicted molar refractivity (Wildman–Crippen MR) is 121 cm³/mol. The van der Waals surface area contributed by atoms with Crippen LogP contribution in [0.25, 0.3) is 11.0 Å². The van der Waals surface area contributed by atoms with Crippen LogP contribution in [0.2, 0.25) is 0 Å². The highest BCUT2D eigenvalue weighted by molar-refractivity contribution is 7.99. The summed E-state index contributed by atoms with van der Waals surface area (Å²) in [5.41, 5.74) is 2.15. The van der Waals surface area contributed by atoms with Gasteiger partial charge in [0.2, 0.25) is 11.8 Å². The molecule has 164 valence electrons. The van der Waals surface area contributed by atoms with Crippen molar-refractivity contribution in [1.29, 1.82) is 0 Å². The Morgan fingerprint density at radius 2 is 1.91 bits per heavy atom. The van der Waals surface area contributed by atoms with Crippen LogP contribution in [0.4, 0.5) is 10.1 Å². The van der Waals surface area contributed by atoms with Gasteiger partial charge in [-0.15, -0.1) is 0 Å². The van der Waals surface area contributed by atoms with E-state index in [0.29, 0.717) is 23.1 Å². The van der Waals surface area contributed by atoms with E-state index in [2.05, 4.69) is 10.3 Å². The van der Waals surface area contributed by atoms with Gasteiger partial charge in [0.15, 0.2) is 5.16 Å². The zero-order chi connectivity index (χ0) is 22.5. The lowest BCUT2D eigenvalue weighted by atomic mass is 10.3. The molecule has 9 heteroatoms. The topological polar surface area (TPSA) is 80.4 Å². The molecule has 0 aliphatic rings. The highest BCUT2D eigenvalue weighted by Crippen LogP contribution is 2.25. The average Bonchev–Trinajstić information content (AvgIpc) is 3.44. The van der Waals surface area contributed by atoms with E-state index in [1.54, 1.807) is 42.1 Å². The van der Waals surface area contributed by atoms with Crippen LogP contribution in [0.15, 0.2) is 76.5 Å². The van der Waals surface area contributed by atoms with Gasteiger partial charge in [0, 0.05) is 12.7 Å². The first kappa shape index (κ1) is 21.6. The number of halogens is 1. The van der Waals surface area contributed by atoms with Crippen molar-refractivity contribution in [2.45, 2.75) is 18.2 Å². The fraction of sp³-hybridized carbons (Fsp3) is 0.174.